The lowest BCUT2D eigenvalue weighted by Gasteiger charge is -2.34. The van der Waals surface area contributed by atoms with Gasteiger partial charge >= 0.3 is 0 Å². The molecule has 1 aromatic heterocycles. The van der Waals surface area contributed by atoms with Crippen molar-refractivity contribution in [1.82, 2.24) is 25.4 Å². The number of H-pyrrole nitrogens is 1. The van der Waals surface area contributed by atoms with Gasteiger partial charge in [0.25, 0.3) is 0 Å². The molecule has 0 radical (unpaired) electrons. The van der Waals surface area contributed by atoms with Crippen LogP contribution in [0.3, 0.4) is 0 Å². The van der Waals surface area contributed by atoms with Crippen LogP contribution in [-0.2, 0) is 11.3 Å². The van der Waals surface area contributed by atoms with Crippen LogP contribution in [0, 0.1) is 0 Å². The Morgan fingerprint density at radius 3 is 2.64 bits per heavy atom. The van der Waals surface area contributed by atoms with Crippen molar-refractivity contribution in [3.05, 3.63) is 30.1 Å². The SMILES string of the molecule is CCNC(=NCc1nc(-c2ccc(OC)cc2)n[nH]1)N1CCC(OCC)CC1. The number of nitrogens with one attached hydrogen (secondary N) is 2. The second-order valence-electron chi connectivity index (χ2n) is 6.65. The predicted octanol–water partition coefficient (Wildman–Crippen LogP) is 2.45. The zero-order chi connectivity index (χ0) is 19.8. The Morgan fingerprint density at radius 1 is 1.25 bits per heavy atom. The zero-order valence-corrected chi connectivity index (χ0v) is 16.9. The number of ether oxygens (including phenoxy) is 2. The summed E-state index contributed by atoms with van der Waals surface area (Å²) in [6.45, 7) is 8.09. The quantitative estimate of drug-likeness (QED) is 0.561. The average molecular weight is 387 g/mol. The van der Waals surface area contributed by atoms with Gasteiger partial charge in [0.05, 0.1) is 13.2 Å². The van der Waals surface area contributed by atoms with Gasteiger partial charge in [-0.25, -0.2) is 9.98 Å². The lowest BCUT2D eigenvalue weighted by Crippen LogP contribution is -2.47. The molecule has 1 saturated heterocycles. The number of aromatic nitrogens is 3. The number of hydrogen-bond acceptors (Lipinski definition) is 5. The van der Waals surface area contributed by atoms with Gasteiger partial charge in [-0.1, -0.05) is 0 Å². The summed E-state index contributed by atoms with van der Waals surface area (Å²) >= 11 is 0. The van der Waals surface area contributed by atoms with Crippen LogP contribution < -0.4 is 10.1 Å². The minimum atomic E-state index is 0.366. The smallest absolute Gasteiger partial charge is 0.194 e. The van der Waals surface area contributed by atoms with Crippen LogP contribution in [0.5, 0.6) is 5.75 Å². The van der Waals surface area contributed by atoms with Gasteiger partial charge < -0.3 is 19.7 Å². The van der Waals surface area contributed by atoms with Crippen molar-refractivity contribution in [3.63, 3.8) is 0 Å². The van der Waals surface area contributed by atoms with Crippen LogP contribution in [0.2, 0.25) is 0 Å². The van der Waals surface area contributed by atoms with Crippen molar-refractivity contribution in [1.29, 1.82) is 0 Å². The normalized spacial score (nSPS) is 15.7. The van der Waals surface area contributed by atoms with E-state index < -0.39 is 0 Å². The number of hydrogen-bond donors (Lipinski definition) is 2. The summed E-state index contributed by atoms with van der Waals surface area (Å²) in [6.07, 6.45) is 2.43. The summed E-state index contributed by atoms with van der Waals surface area (Å²) < 4.78 is 10.9. The van der Waals surface area contributed by atoms with E-state index in [0.29, 0.717) is 18.5 Å². The topological polar surface area (TPSA) is 87.7 Å². The number of piperidine rings is 1. The molecule has 1 aliphatic rings. The molecule has 0 saturated carbocycles. The molecule has 8 nitrogen and oxygen atoms in total. The van der Waals surface area contributed by atoms with Crippen molar-refractivity contribution in [2.45, 2.75) is 39.3 Å². The number of rotatable bonds is 7. The van der Waals surface area contributed by atoms with Crippen molar-refractivity contribution < 1.29 is 9.47 Å². The number of aromatic amines is 1. The van der Waals surface area contributed by atoms with Crippen molar-refractivity contribution >= 4 is 5.96 Å². The maximum absolute atomic E-state index is 5.74. The number of methoxy groups -OCH3 is 1. The largest absolute Gasteiger partial charge is 0.497 e. The zero-order valence-electron chi connectivity index (χ0n) is 16.9. The average Bonchev–Trinajstić information content (AvgIpc) is 3.21. The summed E-state index contributed by atoms with van der Waals surface area (Å²) in [7, 11) is 1.65. The molecular formula is C20H30N6O2. The van der Waals surface area contributed by atoms with E-state index in [1.807, 2.05) is 24.3 Å². The first-order chi connectivity index (χ1) is 13.7. The van der Waals surface area contributed by atoms with Crippen LogP contribution in [-0.4, -0.2) is 65.5 Å². The number of nitrogens with zero attached hydrogens (tertiary/aromatic N) is 4. The third-order valence-corrected chi connectivity index (χ3v) is 4.74. The molecule has 0 atom stereocenters. The third kappa shape index (κ3) is 5.22. The maximum Gasteiger partial charge on any atom is 0.194 e. The molecule has 28 heavy (non-hydrogen) atoms. The molecule has 0 bridgehead atoms. The molecule has 8 heteroatoms. The summed E-state index contributed by atoms with van der Waals surface area (Å²) in [6, 6.07) is 7.70. The summed E-state index contributed by atoms with van der Waals surface area (Å²) in [5, 5.41) is 10.7. The molecule has 1 aliphatic heterocycles. The highest BCUT2D eigenvalue weighted by atomic mass is 16.5. The Hall–Kier alpha value is -2.61. The van der Waals surface area contributed by atoms with Crippen molar-refractivity contribution in [3.8, 4) is 17.1 Å². The van der Waals surface area contributed by atoms with Gasteiger partial charge in [0, 0.05) is 31.8 Å². The maximum atomic E-state index is 5.74. The molecule has 0 spiro atoms. The van der Waals surface area contributed by atoms with E-state index in [4.69, 9.17) is 14.5 Å². The molecule has 152 valence electrons. The van der Waals surface area contributed by atoms with Crippen LogP contribution in [0.1, 0.15) is 32.5 Å². The molecule has 3 rings (SSSR count). The molecule has 1 fully saturated rings. The van der Waals surface area contributed by atoms with Crippen LogP contribution in [0.4, 0.5) is 0 Å². The van der Waals surface area contributed by atoms with E-state index in [9.17, 15) is 0 Å². The minimum absolute atomic E-state index is 0.366. The van der Waals surface area contributed by atoms with Gasteiger partial charge in [-0.2, -0.15) is 5.10 Å². The van der Waals surface area contributed by atoms with Gasteiger partial charge in [-0.3, -0.25) is 5.10 Å². The van der Waals surface area contributed by atoms with Gasteiger partial charge in [0.15, 0.2) is 11.8 Å². The number of benzene rings is 1. The van der Waals surface area contributed by atoms with E-state index in [-0.39, 0.29) is 0 Å². The van der Waals surface area contributed by atoms with E-state index in [1.54, 1.807) is 7.11 Å². The minimum Gasteiger partial charge on any atom is -0.497 e. The monoisotopic (exact) mass is 386 g/mol. The lowest BCUT2D eigenvalue weighted by atomic mass is 10.1. The van der Waals surface area contributed by atoms with Gasteiger partial charge in [-0.15, -0.1) is 0 Å². The molecule has 2 heterocycles. The molecule has 2 N–H and O–H groups in total. The van der Waals surface area contributed by atoms with E-state index in [1.165, 1.54) is 0 Å². The Kier molecular flexibility index (Phi) is 7.25. The molecule has 0 unspecified atom stereocenters. The number of likely N-dealkylation sites (tertiary alicyclic amines) is 1. The summed E-state index contributed by atoms with van der Waals surface area (Å²) in [5.41, 5.74) is 0.942. The molecule has 1 aromatic carbocycles. The highest BCUT2D eigenvalue weighted by molar-refractivity contribution is 5.80. The first-order valence-electron chi connectivity index (χ1n) is 9.94. The van der Waals surface area contributed by atoms with Gasteiger partial charge in [0.1, 0.15) is 18.1 Å². The highest BCUT2D eigenvalue weighted by Gasteiger charge is 2.21. The van der Waals surface area contributed by atoms with E-state index >= 15 is 0 Å². The Morgan fingerprint density at radius 2 is 2.00 bits per heavy atom. The molecule has 0 amide bonds. The number of aliphatic imine (C=N–C) groups is 1. The van der Waals surface area contributed by atoms with E-state index in [2.05, 4.69) is 39.2 Å². The van der Waals surface area contributed by atoms with Gasteiger partial charge in [0.2, 0.25) is 0 Å². The molecular weight excluding hydrogens is 356 g/mol. The van der Waals surface area contributed by atoms with Crippen molar-refractivity contribution in [2.24, 2.45) is 4.99 Å². The fraction of sp³-hybridized carbons (Fsp3) is 0.550. The first kappa shape index (κ1) is 20.1. The first-order valence-corrected chi connectivity index (χ1v) is 9.94. The summed E-state index contributed by atoms with van der Waals surface area (Å²) in [5.74, 6) is 3.13. The Balaban J connectivity index is 1.62. The van der Waals surface area contributed by atoms with Gasteiger partial charge in [-0.05, 0) is 51.0 Å². The summed E-state index contributed by atoms with van der Waals surface area (Å²) in [4.78, 5) is 11.6. The predicted molar refractivity (Wildman–Crippen MR) is 109 cm³/mol. The number of guanidine groups is 1. The van der Waals surface area contributed by atoms with Crippen LogP contribution >= 0.6 is 0 Å². The van der Waals surface area contributed by atoms with Crippen molar-refractivity contribution in [2.75, 3.05) is 33.4 Å². The van der Waals surface area contributed by atoms with Crippen LogP contribution in [0.15, 0.2) is 29.3 Å². The second-order valence-corrected chi connectivity index (χ2v) is 6.65. The fourth-order valence-electron chi connectivity index (χ4n) is 3.28. The Bertz CT molecular complexity index is 750. The third-order valence-electron chi connectivity index (χ3n) is 4.74. The lowest BCUT2D eigenvalue weighted by molar-refractivity contribution is 0.0263. The highest BCUT2D eigenvalue weighted by Crippen LogP contribution is 2.19. The fourth-order valence-corrected chi connectivity index (χ4v) is 3.28. The molecule has 2 aromatic rings. The molecule has 0 aliphatic carbocycles. The van der Waals surface area contributed by atoms with Crippen LogP contribution in [0.25, 0.3) is 11.4 Å². The second kappa shape index (κ2) is 10.1. The standard InChI is InChI=1S/C20H30N6O2/c1-4-21-20(26-12-10-17(11-13-26)28-5-2)22-14-18-23-19(25-24-18)15-6-8-16(27-3)9-7-15/h6-9,17H,4-5,10-14H2,1-3H3,(H,21,22)(H,23,24,25). The van der Waals surface area contributed by atoms with E-state index in [0.717, 1.165) is 62.2 Å². The Labute approximate surface area is 166 Å².